The molecule has 4 aliphatic rings. The van der Waals surface area contributed by atoms with Crippen LogP contribution in [0.5, 0.6) is 11.5 Å². The highest BCUT2D eigenvalue weighted by molar-refractivity contribution is 6.02. The Labute approximate surface area is 320 Å². The van der Waals surface area contributed by atoms with Gasteiger partial charge in [0.25, 0.3) is 0 Å². The summed E-state index contributed by atoms with van der Waals surface area (Å²) in [5.74, 6) is -0.406. The topological polar surface area (TPSA) is 152 Å². The lowest BCUT2D eigenvalue weighted by atomic mass is 9.55. The predicted octanol–water partition coefficient (Wildman–Crippen LogP) is 4.67. The molecule has 0 spiro atoms. The number of rotatable bonds is 25. The Hall–Kier alpha value is -3.46. The lowest BCUT2D eigenvalue weighted by molar-refractivity contribution is -0.256. The molecule has 6 unspecified atom stereocenters. The first-order valence-corrected chi connectivity index (χ1v) is 19.7. The number of hydrogen-bond donors (Lipinski definition) is 3. The third-order valence-electron chi connectivity index (χ3n) is 10.9. The second-order valence-electron chi connectivity index (χ2n) is 14.4. The van der Waals surface area contributed by atoms with Crippen LogP contribution >= 0.6 is 0 Å². The lowest BCUT2D eigenvalue weighted by Crippen LogP contribution is -2.70. The van der Waals surface area contributed by atoms with Crippen LogP contribution < -0.4 is 9.47 Å². The summed E-state index contributed by atoms with van der Waals surface area (Å²) in [7, 11) is 1.52. The van der Waals surface area contributed by atoms with Gasteiger partial charge in [-0.1, -0.05) is 36.2 Å². The standard InChI is InChI=1S/C41H61N3O10/c1-4-6-23-52-40(48)44(18-24-50-26-21-47)37-29-35(42-49-3)33-27-30(11-7-9-19-45)32(12-8-10-20-46)38-34-28-31(51-25-17-43-15-16-43)13-14-36(34)54-41(37,39(33)38)53-22-5-2/h4-5,13-14,27-28,30,32,37-39,45-47H,1-2,6-12,15-26,29H2,3H3. The number of aliphatic hydroxyl groups excluding tert-OH is 3. The molecule has 2 aliphatic heterocycles. The Morgan fingerprint density at radius 2 is 1.83 bits per heavy atom. The minimum atomic E-state index is -1.41. The number of carbonyl (C=O) groups is 1. The molecule has 13 nitrogen and oxygen atoms in total. The number of allylic oxidation sites excluding steroid dienone is 1. The zero-order valence-electron chi connectivity index (χ0n) is 31.9. The Bertz CT molecular complexity index is 1430. The highest BCUT2D eigenvalue weighted by Crippen LogP contribution is 2.62. The maximum Gasteiger partial charge on any atom is 0.410 e. The molecule has 1 amide bonds. The maximum atomic E-state index is 14.1. The smallest absolute Gasteiger partial charge is 0.410 e. The van der Waals surface area contributed by atoms with Crippen LogP contribution in [0.25, 0.3) is 0 Å². The molecule has 1 saturated carbocycles. The van der Waals surface area contributed by atoms with Gasteiger partial charge in [-0.2, -0.15) is 0 Å². The fraction of sp³-hybridized carbons (Fsp3) is 0.659. The summed E-state index contributed by atoms with van der Waals surface area (Å²) in [4.78, 5) is 23.6. The molecule has 6 atom stereocenters. The van der Waals surface area contributed by atoms with Gasteiger partial charge in [-0.15, -0.1) is 13.2 Å². The van der Waals surface area contributed by atoms with Crippen molar-refractivity contribution in [3.63, 3.8) is 0 Å². The van der Waals surface area contributed by atoms with Crippen LogP contribution in [0.2, 0.25) is 0 Å². The summed E-state index contributed by atoms with van der Waals surface area (Å²) in [6.07, 6.45) is 10.6. The molecule has 0 bridgehead atoms. The summed E-state index contributed by atoms with van der Waals surface area (Å²) in [6, 6.07) is 5.24. The van der Waals surface area contributed by atoms with E-state index in [1.165, 1.54) is 7.11 Å². The summed E-state index contributed by atoms with van der Waals surface area (Å²) >= 11 is 0. The molecule has 1 saturated heterocycles. The number of aliphatic hydroxyl groups is 3. The Balaban J connectivity index is 1.69. The minimum absolute atomic E-state index is 0.0922. The van der Waals surface area contributed by atoms with Crippen LogP contribution in [0, 0.1) is 17.8 Å². The lowest BCUT2D eigenvalue weighted by Gasteiger charge is -2.59. The molecular formula is C41H61N3O10. The van der Waals surface area contributed by atoms with Crippen molar-refractivity contribution >= 4 is 11.8 Å². The van der Waals surface area contributed by atoms with E-state index in [-0.39, 0.29) is 77.0 Å². The van der Waals surface area contributed by atoms with Gasteiger partial charge in [0.1, 0.15) is 31.3 Å². The van der Waals surface area contributed by atoms with E-state index in [9.17, 15) is 20.1 Å². The molecule has 3 N–H and O–H groups in total. The van der Waals surface area contributed by atoms with E-state index in [2.05, 4.69) is 35.4 Å². The van der Waals surface area contributed by atoms with E-state index in [1.807, 2.05) is 12.1 Å². The average Bonchev–Trinajstić information content (AvgIpc) is 4.01. The van der Waals surface area contributed by atoms with Crippen LogP contribution in [0.1, 0.15) is 62.8 Å². The van der Waals surface area contributed by atoms with Crippen LogP contribution in [0.3, 0.4) is 0 Å². The molecule has 2 fully saturated rings. The number of nitrogens with zero attached hydrogens (tertiary/aromatic N) is 3. The maximum absolute atomic E-state index is 14.1. The van der Waals surface area contributed by atoms with Crippen molar-refractivity contribution in [2.75, 3.05) is 86.1 Å². The Morgan fingerprint density at radius 3 is 2.54 bits per heavy atom. The normalized spacial score (nSPS) is 26.2. The second-order valence-corrected chi connectivity index (χ2v) is 14.4. The zero-order chi connectivity index (χ0) is 38.3. The third-order valence-corrected chi connectivity index (χ3v) is 10.9. The molecule has 2 aliphatic carbocycles. The molecule has 13 heteroatoms. The van der Waals surface area contributed by atoms with Crippen LogP contribution in [0.4, 0.5) is 4.79 Å². The van der Waals surface area contributed by atoms with Crippen molar-refractivity contribution in [2.24, 2.45) is 22.9 Å². The van der Waals surface area contributed by atoms with E-state index in [1.54, 1.807) is 17.1 Å². The fourth-order valence-electron chi connectivity index (χ4n) is 8.45. The van der Waals surface area contributed by atoms with Gasteiger partial charge in [-0.05, 0) is 67.7 Å². The molecule has 0 radical (unpaired) electrons. The fourth-order valence-corrected chi connectivity index (χ4v) is 8.45. The van der Waals surface area contributed by atoms with Crippen molar-refractivity contribution < 1.29 is 48.6 Å². The zero-order valence-corrected chi connectivity index (χ0v) is 31.9. The number of unbranched alkanes of at least 4 members (excludes halogenated alkanes) is 2. The van der Waals surface area contributed by atoms with E-state index in [4.69, 9.17) is 28.5 Å². The van der Waals surface area contributed by atoms with Crippen molar-refractivity contribution in [1.29, 1.82) is 0 Å². The largest absolute Gasteiger partial charge is 0.492 e. The highest BCUT2D eigenvalue weighted by atomic mass is 16.7. The molecule has 5 rings (SSSR count). The predicted molar refractivity (Wildman–Crippen MR) is 205 cm³/mol. The van der Waals surface area contributed by atoms with E-state index >= 15 is 0 Å². The van der Waals surface area contributed by atoms with Gasteiger partial charge < -0.3 is 43.8 Å². The van der Waals surface area contributed by atoms with Crippen molar-refractivity contribution in [2.45, 2.75) is 69.1 Å². The number of oxime groups is 1. The van der Waals surface area contributed by atoms with E-state index in [0.29, 0.717) is 37.3 Å². The quantitative estimate of drug-likeness (QED) is 0.0553. The monoisotopic (exact) mass is 755 g/mol. The molecule has 2 heterocycles. The minimum Gasteiger partial charge on any atom is -0.492 e. The summed E-state index contributed by atoms with van der Waals surface area (Å²) in [6.45, 7) is 12.1. The van der Waals surface area contributed by atoms with Crippen molar-refractivity contribution in [3.05, 3.63) is 60.7 Å². The molecule has 1 aromatic carbocycles. The third kappa shape index (κ3) is 10.0. The van der Waals surface area contributed by atoms with Gasteiger partial charge in [-0.25, -0.2) is 4.79 Å². The first-order chi connectivity index (χ1) is 26.5. The van der Waals surface area contributed by atoms with Gasteiger partial charge in [0.2, 0.25) is 5.79 Å². The van der Waals surface area contributed by atoms with Crippen LogP contribution in [0.15, 0.2) is 60.3 Å². The van der Waals surface area contributed by atoms with E-state index in [0.717, 1.165) is 62.2 Å². The van der Waals surface area contributed by atoms with Gasteiger partial charge in [0.05, 0.1) is 44.7 Å². The molecule has 54 heavy (non-hydrogen) atoms. The van der Waals surface area contributed by atoms with Gasteiger partial charge >= 0.3 is 6.09 Å². The van der Waals surface area contributed by atoms with Crippen LogP contribution in [-0.4, -0.2) is 135 Å². The van der Waals surface area contributed by atoms with Crippen molar-refractivity contribution in [3.8, 4) is 11.5 Å². The van der Waals surface area contributed by atoms with Crippen LogP contribution in [-0.2, 0) is 19.0 Å². The molecular weight excluding hydrogens is 694 g/mol. The summed E-state index contributed by atoms with van der Waals surface area (Å²) in [5.41, 5.74) is 2.64. The highest BCUT2D eigenvalue weighted by Gasteiger charge is 2.65. The molecule has 300 valence electrons. The first kappa shape index (κ1) is 41.7. The summed E-state index contributed by atoms with van der Waals surface area (Å²) in [5, 5.41) is 33.6. The average molecular weight is 756 g/mol. The number of carbonyl (C=O) groups excluding carboxylic acids is 1. The molecule has 0 aromatic heterocycles. The Morgan fingerprint density at radius 1 is 1.04 bits per heavy atom. The second kappa shape index (κ2) is 21.0. The van der Waals surface area contributed by atoms with Gasteiger partial charge in [-0.3, -0.25) is 9.80 Å². The van der Waals surface area contributed by atoms with Crippen molar-refractivity contribution in [1.82, 2.24) is 9.80 Å². The SMILES string of the molecule is C=CCCOC(=O)N(CCOCCO)C1CC(=NOC)C2=CC(CCCCO)C(CCCCO)C3c4cc(OCCN5CC5)ccc4OC1(OCC=C)C23. The van der Waals surface area contributed by atoms with Gasteiger partial charge in [0.15, 0.2) is 0 Å². The van der Waals surface area contributed by atoms with E-state index < -0.39 is 23.8 Å². The number of amides is 1. The Kier molecular flexibility index (Phi) is 16.2. The number of benzene rings is 1. The number of ether oxygens (including phenoxy) is 5. The summed E-state index contributed by atoms with van der Waals surface area (Å²) < 4.78 is 32.0. The van der Waals surface area contributed by atoms with Gasteiger partial charge in [0, 0.05) is 57.3 Å². The molecule has 1 aromatic rings. The number of hydrogen-bond acceptors (Lipinski definition) is 12. The number of fused-ring (bicyclic) bond motifs is 2. The first-order valence-electron chi connectivity index (χ1n) is 19.7.